The van der Waals surface area contributed by atoms with E-state index >= 15 is 0 Å². The van der Waals surface area contributed by atoms with Crippen molar-refractivity contribution in [1.29, 1.82) is 0 Å². The summed E-state index contributed by atoms with van der Waals surface area (Å²) in [6, 6.07) is -0.605. The molecule has 0 aliphatic heterocycles. The highest BCUT2D eigenvalue weighted by molar-refractivity contribution is 5.82. The molecule has 1 atom stereocenters. The minimum absolute atomic E-state index is 0.0937. The van der Waals surface area contributed by atoms with Gasteiger partial charge in [0.25, 0.3) is 0 Å². The Morgan fingerprint density at radius 3 is 2.56 bits per heavy atom. The van der Waals surface area contributed by atoms with E-state index in [2.05, 4.69) is 10.8 Å². The number of carbonyl (C=O) groups is 1. The number of hydrogen-bond acceptors (Lipinski definition) is 4. The molecule has 0 saturated carbocycles. The van der Waals surface area contributed by atoms with Crippen molar-refractivity contribution < 1.29 is 9.53 Å². The summed E-state index contributed by atoms with van der Waals surface area (Å²) in [7, 11) is 5.63. The number of nitrogens with two attached hydrogens (primary N) is 1. The van der Waals surface area contributed by atoms with E-state index in [-0.39, 0.29) is 12.3 Å². The van der Waals surface area contributed by atoms with Gasteiger partial charge in [-0.2, -0.15) is 0 Å². The molecule has 1 unspecified atom stereocenters. The summed E-state index contributed by atoms with van der Waals surface area (Å²) < 4.78 is 5.00. The second-order valence-corrected chi connectivity index (χ2v) is 4.49. The SMILES string of the molecule is C#CCC(N)C(=O)N(CCCN(C)C)CCOC. The number of ether oxygens (including phenoxy) is 1. The molecule has 5 nitrogen and oxygen atoms in total. The van der Waals surface area contributed by atoms with Gasteiger partial charge in [0.15, 0.2) is 0 Å². The van der Waals surface area contributed by atoms with E-state index in [1.54, 1.807) is 12.0 Å². The highest BCUT2D eigenvalue weighted by Crippen LogP contribution is 2.00. The molecule has 0 fully saturated rings. The molecule has 0 bridgehead atoms. The van der Waals surface area contributed by atoms with Crippen LogP contribution in [-0.4, -0.2) is 69.2 Å². The van der Waals surface area contributed by atoms with E-state index in [1.807, 2.05) is 14.1 Å². The monoisotopic (exact) mass is 255 g/mol. The van der Waals surface area contributed by atoms with Gasteiger partial charge in [0.2, 0.25) is 5.91 Å². The van der Waals surface area contributed by atoms with Gasteiger partial charge >= 0.3 is 0 Å². The van der Waals surface area contributed by atoms with Crippen LogP contribution in [0, 0.1) is 12.3 Å². The molecule has 18 heavy (non-hydrogen) atoms. The molecule has 0 radical (unpaired) electrons. The van der Waals surface area contributed by atoms with Crippen molar-refractivity contribution in [2.24, 2.45) is 5.73 Å². The zero-order valence-corrected chi connectivity index (χ0v) is 11.7. The average molecular weight is 255 g/mol. The maximum absolute atomic E-state index is 12.1. The molecule has 0 rings (SSSR count). The smallest absolute Gasteiger partial charge is 0.240 e. The van der Waals surface area contributed by atoms with Gasteiger partial charge in [-0.3, -0.25) is 4.79 Å². The molecule has 0 aromatic carbocycles. The van der Waals surface area contributed by atoms with E-state index in [1.165, 1.54) is 0 Å². The second kappa shape index (κ2) is 9.89. The molecule has 104 valence electrons. The second-order valence-electron chi connectivity index (χ2n) is 4.49. The van der Waals surface area contributed by atoms with E-state index in [0.29, 0.717) is 19.7 Å². The molecular formula is C13H25N3O2. The fourth-order valence-corrected chi connectivity index (χ4v) is 1.56. The van der Waals surface area contributed by atoms with Crippen molar-refractivity contribution in [2.45, 2.75) is 18.9 Å². The van der Waals surface area contributed by atoms with Gasteiger partial charge in [-0.25, -0.2) is 0 Å². The lowest BCUT2D eigenvalue weighted by Crippen LogP contribution is -2.45. The maximum Gasteiger partial charge on any atom is 0.240 e. The quantitative estimate of drug-likeness (QED) is 0.578. The minimum Gasteiger partial charge on any atom is -0.383 e. The number of amides is 1. The Morgan fingerprint density at radius 1 is 1.39 bits per heavy atom. The summed E-state index contributed by atoms with van der Waals surface area (Å²) in [5.74, 6) is 2.33. The van der Waals surface area contributed by atoms with Crippen molar-refractivity contribution in [3.8, 4) is 12.3 Å². The van der Waals surface area contributed by atoms with Crippen molar-refractivity contribution in [3.63, 3.8) is 0 Å². The third-order valence-electron chi connectivity index (χ3n) is 2.57. The number of terminal acetylenes is 1. The number of carbonyl (C=O) groups excluding carboxylic acids is 1. The van der Waals surface area contributed by atoms with E-state index < -0.39 is 6.04 Å². The third-order valence-corrected chi connectivity index (χ3v) is 2.57. The topological polar surface area (TPSA) is 58.8 Å². The van der Waals surface area contributed by atoms with E-state index in [4.69, 9.17) is 16.9 Å². The molecule has 0 aromatic heterocycles. The Balaban J connectivity index is 4.28. The largest absolute Gasteiger partial charge is 0.383 e. The molecule has 0 spiro atoms. The Bertz CT molecular complexity index is 274. The maximum atomic E-state index is 12.1. The Labute approximate surface area is 110 Å². The average Bonchev–Trinajstić information content (AvgIpc) is 2.32. The van der Waals surface area contributed by atoms with Crippen molar-refractivity contribution in [1.82, 2.24) is 9.80 Å². The Hall–Kier alpha value is -1.09. The molecule has 1 amide bonds. The van der Waals surface area contributed by atoms with Crippen LogP contribution < -0.4 is 5.73 Å². The zero-order chi connectivity index (χ0) is 14.0. The van der Waals surface area contributed by atoms with Gasteiger partial charge in [0.05, 0.1) is 12.6 Å². The first kappa shape index (κ1) is 16.9. The first-order valence-electron chi connectivity index (χ1n) is 6.14. The molecule has 0 aliphatic rings. The molecule has 0 aromatic rings. The summed E-state index contributed by atoms with van der Waals surface area (Å²) in [4.78, 5) is 15.9. The van der Waals surface area contributed by atoms with Crippen LogP contribution >= 0.6 is 0 Å². The van der Waals surface area contributed by atoms with Crippen LogP contribution in [0.1, 0.15) is 12.8 Å². The van der Waals surface area contributed by atoms with Crippen molar-refractivity contribution in [2.75, 3.05) is 47.4 Å². The Morgan fingerprint density at radius 2 is 2.06 bits per heavy atom. The predicted molar refractivity (Wildman–Crippen MR) is 73.1 cm³/mol. The lowest BCUT2D eigenvalue weighted by Gasteiger charge is -2.25. The van der Waals surface area contributed by atoms with Crippen LogP contribution in [0.15, 0.2) is 0 Å². The van der Waals surface area contributed by atoms with Crippen LogP contribution in [-0.2, 0) is 9.53 Å². The van der Waals surface area contributed by atoms with Gasteiger partial charge in [-0.15, -0.1) is 12.3 Å². The fraction of sp³-hybridized carbons (Fsp3) is 0.769. The summed E-state index contributed by atoms with van der Waals surface area (Å²) in [6.45, 7) is 2.68. The van der Waals surface area contributed by atoms with Crippen LogP contribution in [0.5, 0.6) is 0 Å². The van der Waals surface area contributed by atoms with E-state index in [0.717, 1.165) is 13.0 Å². The Kier molecular flexibility index (Phi) is 9.29. The third kappa shape index (κ3) is 7.28. The first-order valence-corrected chi connectivity index (χ1v) is 6.14. The molecule has 0 aliphatic carbocycles. The summed E-state index contributed by atoms with van der Waals surface area (Å²) >= 11 is 0. The molecule has 2 N–H and O–H groups in total. The lowest BCUT2D eigenvalue weighted by molar-refractivity contribution is -0.133. The van der Waals surface area contributed by atoms with E-state index in [9.17, 15) is 4.79 Å². The normalized spacial score (nSPS) is 12.2. The van der Waals surface area contributed by atoms with Crippen molar-refractivity contribution >= 4 is 5.91 Å². The molecule has 5 heteroatoms. The van der Waals surface area contributed by atoms with Crippen LogP contribution in [0.3, 0.4) is 0 Å². The van der Waals surface area contributed by atoms with Crippen LogP contribution in [0.25, 0.3) is 0 Å². The van der Waals surface area contributed by atoms with Crippen LogP contribution in [0.2, 0.25) is 0 Å². The summed E-state index contributed by atoms with van der Waals surface area (Å²) in [5, 5.41) is 0. The van der Waals surface area contributed by atoms with Gasteiger partial charge in [0.1, 0.15) is 0 Å². The summed E-state index contributed by atoms with van der Waals surface area (Å²) in [5.41, 5.74) is 5.75. The predicted octanol–water partition coefficient (Wildman–Crippen LogP) is -0.236. The lowest BCUT2D eigenvalue weighted by atomic mass is 10.2. The highest BCUT2D eigenvalue weighted by atomic mass is 16.5. The number of methoxy groups -OCH3 is 1. The van der Waals surface area contributed by atoms with Gasteiger partial charge < -0.3 is 20.3 Å². The molecular weight excluding hydrogens is 230 g/mol. The standard InChI is InChI=1S/C13H25N3O2/c1-5-7-12(14)13(17)16(10-11-18-4)9-6-8-15(2)3/h1,12H,6-11,14H2,2-4H3. The zero-order valence-electron chi connectivity index (χ0n) is 11.7. The van der Waals surface area contributed by atoms with Crippen molar-refractivity contribution in [3.05, 3.63) is 0 Å². The van der Waals surface area contributed by atoms with Gasteiger partial charge in [0, 0.05) is 26.6 Å². The number of nitrogens with zero attached hydrogens (tertiary/aromatic N) is 2. The fourth-order valence-electron chi connectivity index (χ4n) is 1.56. The van der Waals surface area contributed by atoms with Gasteiger partial charge in [-0.05, 0) is 27.1 Å². The number of rotatable bonds is 9. The molecule has 0 saturated heterocycles. The van der Waals surface area contributed by atoms with Crippen LogP contribution in [0.4, 0.5) is 0 Å². The minimum atomic E-state index is -0.605. The number of hydrogen-bond donors (Lipinski definition) is 1. The summed E-state index contributed by atoms with van der Waals surface area (Å²) in [6.07, 6.45) is 6.36. The molecule has 0 heterocycles. The highest BCUT2D eigenvalue weighted by Gasteiger charge is 2.19. The first-order chi connectivity index (χ1) is 8.52. The van der Waals surface area contributed by atoms with Gasteiger partial charge in [-0.1, -0.05) is 0 Å².